The molecule has 168 valence electrons. The molecule has 1 aliphatic rings. The molecule has 0 bridgehead atoms. The molecule has 0 saturated heterocycles. The number of hydrogen-bond donors (Lipinski definition) is 1. The van der Waals surface area contributed by atoms with Gasteiger partial charge in [-0.2, -0.15) is 0 Å². The summed E-state index contributed by atoms with van der Waals surface area (Å²) in [5, 5.41) is 13.9. The number of carbonyl (C=O) groups is 1. The van der Waals surface area contributed by atoms with Gasteiger partial charge in [0.05, 0.1) is 18.7 Å². The Morgan fingerprint density at radius 2 is 1.78 bits per heavy atom. The smallest absolute Gasteiger partial charge is 0.232 e. The van der Waals surface area contributed by atoms with Gasteiger partial charge in [-0.15, -0.1) is 0 Å². The Kier molecular flexibility index (Phi) is 6.66. The van der Waals surface area contributed by atoms with Crippen LogP contribution in [0.3, 0.4) is 0 Å². The van der Waals surface area contributed by atoms with Gasteiger partial charge >= 0.3 is 0 Å². The lowest BCUT2D eigenvalue weighted by Gasteiger charge is -2.24. The van der Waals surface area contributed by atoms with E-state index in [-0.39, 0.29) is 17.3 Å². The Bertz CT molecular complexity index is 1120. The van der Waals surface area contributed by atoms with Crippen molar-refractivity contribution in [3.8, 4) is 11.5 Å². The molecular formula is C27H31NO4. The van der Waals surface area contributed by atoms with Crippen LogP contribution in [0.2, 0.25) is 0 Å². The molecule has 5 nitrogen and oxygen atoms in total. The minimum atomic E-state index is -0.192. The molecule has 0 spiro atoms. The highest BCUT2D eigenvalue weighted by molar-refractivity contribution is 6.15. The second-order valence-electron chi connectivity index (χ2n) is 8.63. The first-order chi connectivity index (χ1) is 15.5. The average molecular weight is 434 g/mol. The summed E-state index contributed by atoms with van der Waals surface area (Å²) in [7, 11) is 0. The van der Waals surface area contributed by atoms with E-state index >= 15 is 0 Å². The van der Waals surface area contributed by atoms with Crippen molar-refractivity contribution < 1.29 is 24.0 Å². The Hall–Kier alpha value is -3.05. The number of carbonyl (C=O) groups excluding carboxylic acids is 1. The second kappa shape index (κ2) is 9.61. The first-order valence-corrected chi connectivity index (χ1v) is 11.6. The van der Waals surface area contributed by atoms with Crippen LogP contribution in [-0.4, -0.2) is 18.9 Å². The molecule has 1 N–H and O–H groups in total. The molecule has 1 aliphatic heterocycles. The highest BCUT2D eigenvalue weighted by Crippen LogP contribution is 2.40. The third-order valence-corrected chi connectivity index (χ3v) is 6.12. The van der Waals surface area contributed by atoms with E-state index in [1.165, 1.54) is 4.90 Å². The van der Waals surface area contributed by atoms with Gasteiger partial charge in [-0.1, -0.05) is 56.7 Å². The number of fused-ring (bicyclic) bond motifs is 2. The fourth-order valence-electron chi connectivity index (χ4n) is 4.34. The van der Waals surface area contributed by atoms with E-state index in [4.69, 9.17) is 9.15 Å². The Balaban J connectivity index is 1.67. The molecule has 2 heterocycles. The van der Waals surface area contributed by atoms with Crippen molar-refractivity contribution in [3.63, 3.8) is 0 Å². The molecule has 0 unspecified atom stereocenters. The van der Waals surface area contributed by atoms with Gasteiger partial charge in [0.1, 0.15) is 23.6 Å². The van der Waals surface area contributed by atoms with E-state index in [9.17, 15) is 9.90 Å². The fraction of sp³-hybridized carbons (Fsp3) is 0.370. The molecular weight excluding hydrogens is 402 g/mol. The molecule has 0 fully saturated rings. The van der Waals surface area contributed by atoms with E-state index in [0.717, 1.165) is 49.7 Å². The normalized spacial score (nSPS) is 14.5. The van der Waals surface area contributed by atoms with Crippen LogP contribution in [-0.2, 0) is 6.54 Å². The van der Waals surface area contributed by atoms with Crippen LogP contribution in [0.15, 0.2) is 46.6 Å². The van der Waals surface area contributed by atoms with Crippen molar-refractivity contribution in [2.24, 2.45) is 0 Å². The predicted molar refractivity (Wildman–Crippen MR) is 124 cm³/mol. The summed E-state index contributed by atoms with van der Waals surface area (Å²) >= 11 is 0. The highest BCUT2D eigenvalue weighted by Gasteiger charge is 2.33. The summed E-state index contributed by atoms with van der Waals surface area (Å²) in [6.45, 7) is 8.75. The molecule has 32 heavy (non-hydrogen) atoms. The molecule has 0 aliphatic carbocycles. The number of quaternary nitrogens is 1. The third kappa shape index (κ3) is 4.44. The van der Waals surface area contributed by atoms with Crippen molar-refractivity contribution in [2.45, 2.75) is 53.0 Å². The number of ketones is 1. The molecule has 0 atom stereocenters. The van der Waals surface area contributed by atoms with Crippen LogP contribution in [0, 0.1) is 6.92 Å². The van der Waals surface area contributed by atoms with E-state index in [0.29, 0.717) is 34.7 Å². The third-order valence-electron chi connectivity index (χ3n) is 6.12. The summed E-state index contributed by atoms with van der Waals surface area (Å²) in [6.07, 6.45) is 6.09. The van der Waals surface area contributed by atoms with Crippen LogP contribution in [0.25, 0.3) is 17.0 Å². The summed E-state index contributed by atoms with van der Waals surface area (Å²) in [4.78, 5) is 14.6. The summed E-state index contributed by atoms with van der Waals surface area (Å²) in [5.74, 6) is 0.958. The number of ether oxygens (including phenoxy) is 1. The molecule has 2 aromatic carbocycles. The molecule has 0 radical (unpaired) electrons. The van der Waals surface area contributed by atoms with Gasteiger partial charge in [-0.3, -0.25) is 4.79 Å². The Morgan fingerprint density at radius 1 is 1.06 bits per heavy atom. The van der Waals surface area contributed by atoms with Crippen molar-refractivity contribution >= 4 is 22.8 Å². The number of unbranched alkanes of at least 4 members (excludes halogenated alkanes) is 2. The number of furan rings is 1. The van der Waals surface area contributed by atoms with Crippen molar-refractivity contribution in [1.82, 2.24) is 0 Å². The van der Waals surface area contributed by atoms with Crippen LogP contribution in [0.5, 0.6) is 11.5 Å². The van der Waals surface area contributed by atoms with E-state index in [2.05, 4.69) is 13.8 Å². The van der Waals surface area contributed by atoms with Crippen molar-refractivity contribution in [2.75, 3.05) is 13.1 Å². The van der Waals surface area contributed by atoms with Gasteiger partial charge in [-0.05, 0) is 37.5 Å². The maximum atomic E-state index is 13.2. The first kappa shape index (κ1) is 22.2. The van der Waals surface area contributed by atoms with Gasteiger partial charge in [0, 0.05) is 17.0 Å². The number of Topliss-reactive ketones (excluding diaryl/α,β-unsaturated/α-hetero) is 1. The van der Waals surface area contributed by atoms with Crippen molar-refractivity contribution in [1.29, 1.82) is 0 Å². The van der Waals surface area contributed by atoms with Gasteiger partial charge in [-0.25, -0.2) is 0 Å². The Labute approximate surface area is 189 Å². The second-order valence-corrected chi connectivity index (χ2v) is 8.63. The quantitative estimate of drug-likeness (QED) is 0.508. The van der Waals surface area contributed by atoms with E-state index in [1.807, 2.05) is 30.3 Å². The van der Waals surface area contributed by atoms with Crippen LogP contribution < -0.4 is 14.7 Å². The highest BCUT2D eigenvalue weighted by atomic mass is 16.5. The lowest BCUT2D eigenvalue weighted by molar-refractivity contribution is -0.914. The molecule has 5 heteroatoms. The largest absolute Gasteiger partial charge is 0.872 e. The van der Waals surface area contributed by atoms with E-state index < -0.39 is 0 Å². The number of hydrogen-bond acceptors (Lipinski definition) is 4. The monoisotopic (exact) mass is 433 g/mol. The summed E-state index contributed by atoms with van der Waals surface area (Å²) in [6, 6.07) is 11.2. The maximum Gasteiger partial charge on any atom is 0.232 e. The molecule has 1 aromatic heterocycles. The number of para-hydroxylation sites is 1. The molecule has 3 aromatic rings. The van der Waals surface area contributed by atoms with Crippen LogP contribution in [0.1, 0.15) is 66.8 Å². The zero-order valence-corrected chi connectivity index (χ0v) is 19.1. The molecule has 4 rings (SSSR count). The summed E-state index contributed by atoms with van der Waals surface area (Å²) < 4.78 is 11.9. The molecule has 0 amide bonds. The van der Waals surface area contributed by atoms with Gasteiger partial charge in [0.25, 0.3) is 0 Å². The molecule has 0 saturated carbocycles. The standard InChI is InChI=1S/C27H31NO4/c1-4-6-12-28(13-7-5-2)17-21-22(29)14-18(3)25-26(30)24(32-27(21)25)16-20-15-19-10-8-9-11-23(19)31-20/h8-11,14-16,29H,4-7,12-13,17H2,1-3H3/b24-16+. The SMILES string of the molecule is CCCC[NH+](CCCC)Cc1c([O-])cc(C)c2c1O/C(=C/c1cc3ccccc3o1)C2=O. The van der Waals surface area contributed by atoms with Crippen molar-refractivity contribution in [3.05, 3.63) is 64.6 Å². The van der Waals surface area contributed by atoms with Gasteiger partial charge < -0.3 is 19.2 Å². The van der Waals surface area contributed by atoms with Crippen LogP contribution >= 0.6 is 0 Å². The summed E-state index contributed by atoms with van der Waals surface area (Å²) in [5.41, 5.74) is 2.53. The predicted octanol–water partition coefficient (Wildman–Crippen LogP) is 4.42. The lowest BCUT2D eigenvalue weighted by Crippen LogP contribution is -3.10. The van der Waals surface area contributed by atoms with Crippen LogP contribution in [0.4, 0.5) is 0 Å². The minimum Gasteiger partial charge on any atom is -0.872 e. The van der Waals surface area contributed by atoms with E-state index in [1.54, 1.807) is 19.1 Å². The zero-order chi connectivity index (χ0) is 22.7. The Morgan fingerprint density at radius 3 is 2.47 bits per heavy atom. The number of rotatable bonds is 9. The van der Waals surface area contributed by atoms with Gasteiger partial charge in [0.2, 0.25) is 5.78 Å². The lowest BCUT2D eigenvalue weighted by atomic mass is 9.99. The zero-order valence-electron chi connectivity index (χ0n) is 19.1. The maximum absolute atomic E-state index is 13.2. The minimum absolute atomic E-state index is 0.0514. The number of benzene rings is 2. The topological polar surface area (TPSA) is 66.9 Å². The fourth-order valence-corrected chi connectivity index (χ4v) is 4.34. The number of nitrogens with one attached hydrogen (secondary N) is 1. The average Bonchev–Trinajstić information content (AvgIpc) is 3.33. The first-order valence-electron chi connectivity index (χ1n) is 11.6. The number of aryl methyl sites for hydroxylation is 1. The number of allylic oxidation sites excluding steroid dienone is 1. The van der Waals surface area contributed by atoms with Gasteiger partial charge in [0.15, 0.2) is 5.76 Å².